The summed E-state index contributed by atoms with van der Waals surface area (Å²) in [5, 5.41) is 9.61. The van der Waals surface area contributed by atoms with Crippen LogP contribution in [0.25, 0.3) is 43.9 Å². The molecular formula is C70H73N3O6S2. The SMILES string of the molecule is CCCCC(CC)CN1C(=O)C2=C(c3ccc(-c4ccc5c(c4)C4CCCC4N5c4ccc(C=C(c5ccc(OC)cc5)c5ccc(OC)cc5)cc4)s3)N(CC(CC)CCCC)C(=O)C2=C1c1ccc(-c2ccc(C(=O)O)cc2)s1. The van der Waals surface area contributed by atoms with Gasteiger partial charge in [0.1, 0.15) is 11.5 Å². The second kappa shape index (κ2) is 24.3. The summed E-state index contributed by atoms with van der Waals surface area (Å²) in [7, 11) is 3.38. The molecular weight excluding hydrogens is 1040 g/mol. The standard InChI is InChI=1S/C70H73N3O6S2/c1-7-11-14-44(9-3)42-71-66(62-38-36-60(80-62)49-20-22-50(23-21-49)70(76)77)64-65(69(71)75)67(72(68(64)74)43-45(10-4)15-12-8-2)63-39-37-61(81-63)51-28-35-59-57(41-51)55-16-13-17-58(55)73(59)52-29-18-46(19-30-52)40-56(47-24-31-53(78-5)32-25-47)48-26-33-54(79-6)34-27-48/h18-41,44-45,55,58H,7-17,42-43H2,1-6H3,(H,76,77). The molecule has 4 atom stereocenters. The number of carbonyl (C=O) groups is 3. The van der Waals surface area contributed by atoms with Crippen molar-refractivity contribution < 1.29 is 29.0 Å². The molecule has 0 spiro atoms. The third-order valence-electron chi connectivity index (χ3n) is 17.3. The first kappa shape index (κ1) is 55.4. The van der Waals surface area contributed by atoms with Crippen molar-refractivity contribution in [1.82, 2.24) is 9.80 Å². The molecule has 1 aliphatic carbocycles. The summed E-state index contributed by atoms with van der Waals surface area (Å²) < 4.78 is 11.0. The smallest absolute Gasteiger partial charge is 0.335 e. The monoisotopic (exact) mass is 1120 g/mol. The Labute approximate surface area is 485 Å². The van der Waals surface area contributed by atoms with E-state index in [1.54, 1.807) is 49.0 Å². The quantitative estimate of drug-likeness (QED) is 0.0637. The van der Waals surface area contributed by atoms with Gasteiger partial charge < -0.3 is 29.3 Å². The van der Waals surface area contributed by atoms with Crippen LogP contribution in [0, 0.1) is 11.8 Å². The van der Waals surface area contributed by atoms with Crippen molar-refractivity contribution in [1.29, 1.82) is 0 Å². The highest BCUT2D eigenvalue weighted by molar-refractivity contribution is 7.17. The van der Waals surface area contributed by atoms with Crippen LogP contribution in [0.2, 0.25) is 0 Å². The predicted octanol–water partition coefficient (Wildman–Crippen LogP) is 17.5. The number of carboxylic acid groups (broad SMARTS) is 1. The lowest BCUT2D eigenvalue weighted by atomic mass is 9.95. The number of hydrogen-bond acceptors (Lipinski definition) is 8. The van der Waals surface area contributed by atoms with Crippen LogP contribution in [0.15, 0.2) is 151 Å². The lowest BCUT2D eigenvalue weighted by Crippen LogP contribution is -2.34. The Hall–Kier alpha value is -7.47. The highest BCUT2D eigenvalue weighted by Gasteiger charge is 2.50. The Morgan fingerprint density at radius 3 is 1.59 bits per heavy atom. The van der Waals surface area contributed by atoms with Crippen molar-refractivity contribution in [3.05, 3.63) is 188 Å². The average Bonchev–Trinajstić information content (AvgIpc) is 3.59. The minimum atomic E-state index is -0.970. The fourth-order valence-electron chi connectivity index (χ4n) is 12.7. The van der Waals surface area contributed by atoms with Gasteiger partial charge in [-0.3, -0.25) is 9.59 Å². The molecule has 3 aliphatic heterocycles. The summed E-state index contributed by atoms with van der Waals surface area (Å²) in [6.07, 6.45) is 13.9. The van der Waals surface area contributed by atoms with Gasteiger partial charge in [-0.2, -0.15) is 0 Å². The number of hydrogen-bond donors (Lipinski definition) is 1. The highest BCUT2D eigenvalue weighted by Crippen LogP contribution is 2.55. The zero-order chi connectivity index (χ0) is 56.3. The van der Waals surface area contributed by atoms with Crippen molar-refractivity contribution in [2.45, 2.75) is 110 Å². The van der Waals surface area contributed by atoms with Crippen molar-refractivity contribution in [3.63, 3.8) is 0 Å². The second-order valence-corrected chi connectivity index (χ2v) is 24.3. The van der Waals surface area contributed by atoms with Gasteiger partial charge in [0.15, 0.2) is 0 Å². The van der Waals surface area contributed by atoms with Crippen molar-refractivity contribution in [3.8, 4) is 32.4 Å². The van der Waals surface area contributed by atoms with E-state index in [0.717, 1.165) is 134 Å². The number of unbranched alkanes of at least 4 members (excludes halogenated alkanes) is 2. The number of aromatic carboxylic acids is 1. The molecule has 1 N–H and O–H groups in total. The van der Waals surface area contributed by atoms with Gasteiger partial charge in [-0.15, -0.1) is 22.7 Å². The molecule has 5 heterocycles. The maximum Gasteiger partial charge on any atom is 0.335 e. The molecule has 0 radical (unpaired) electrons. The maximum absolute atomic E-state index is 15.5. The Balaban J connectivity index is 0.949. The fourth-order valence-corrected chi connectivity index (χ4v) is 14.9. The Morgan fingerprint density at radius 1 is 0.605 bits per heavy atom. The zero-order valence-corrected chi connectivity index (χ0v) is 49.1. The topological polar surface area (TPSA) is 99.6 Å². The molecule has 0 bridgehead atoms. The molecule has 11 rings (SSSR count). The highest BCUT2D eigenvalue weighted by atomic mass is 32.1. The number of methoxy groups -OCH3 is 2. The van der Waals surface area contributed by atoms with Crippen LogP contribution < -0.4 is 14.4 Å². The van der Waals surface area contributed by atoms with Crippen LogP contribution in [0.1, 0.15) is 147 Å². The molecule has 416 valence electrons. The van der Waals surface area contributed by atoms with E-state index in [0.29, 0.717) is 41.9 Å². The summed E-state index contributed by atoms with van der Waals surface area (Å²) in [4.78, 5) is 53.2. The van der Waals surface area contributed by atoms with E-state index in [-0.39, 0.29) is 29.2 Å². The first-order chi connectivity index (χ1) is 39.5. The largest absolute Gasteiger partial charge is 0.497 e. The Kier molecular flexibility index (Phi) is 16.6. The summed E-state index contributed by atoms with van der Waals surface area (Å²) in [5.74, 6) is 1.44. The molecule has 1 saturated carbocycles. The van der Waals surface area contributed by atoms with Crippen LogP contribution >= 0.6 is 22.7 Å². The first-order valence-electron chi connectivity index (χ1n) is 29.2. The lowest BCUT2D eigenvalue weighted by molar-refractivity contribution is -0.124. The number of rotatable bonds is 23. The van der Waals surface area contributed by atoms with Crippen LogP contribution in [0.5, 0.6) is 11.5 Å². The molecule has 2 amide bonds. The van der Waals surface area contributed by atoms with Crippen molar-refractivity contribution >= 4 is 74.9 Å². The van der Waals surface area contributed by atoms with Crippen LogP contribution in [0.3, 0.4) is 0 Å². The molecule has 4 unspecified atom stereocenters. The van der Waals surface area contributed by atoms with Gasteiger partial charge in [-0.1, -0.05) is 127 Å². The van der Waals surface area contributed by atoms with E-state index >= 15 is 9.59 Å². The van der Waals surface area contributed by atoms with Gasteiger partial charge >= 0.3 is 5.97 Å². The van der Waals surface area contributed by atoms with Crippen LogP contribution in [-0.4, -0.2) is 66.0 Å². The van der Waals surface area contributed by atoms with E-state index in [1.165, 1.54) is 23.4 Å². The third-order valence-corrected chi connectivity index (χ3v) is 19.6. The fraction of sp³-hybridized carbons (Fsp3) is 0.329. The summed E-state index contributed by atoms with van der Waals surface area (Å²) in [6, 6.07) is 48.2. The average molecular weight is 1120 g/mol. The molecule has 1 fully saturated rings. The number of thiophene rings is 2. The number of carboxylic acids is 1. The molecule has 5 aromatic carbocycles. The minimum absolute atomic E-state index is 0.0954. The summed E-state index contributed by atoms with van der Waals surface area (Å²) in [5.41, 5.74) is 13.0. The molecule has 11 heteroatoms. The van der Waals surface area contributed by atoms with E-state index in [4.69, 9.17) is 9.47 Å². The molecule has 7 aromatic rings. The predicted molar refractivity (Wildman–Crippen MR) is 332 cm³/mol. The number of benzene rings is 5. The van der Waals surface area contributed by atoms with Crippen LogP contribution in [-0.2, 0) is 9.59 Å². The van der Waals surface area contributed by atoms with Gasteiger partial charge in [0.2, 0.25) is 0 Å². The Bertz CT molecular complexity index is 3480. The maximum atomic E-state index is 15.5. The number of anilines is 2. The van der Waals surface area contributed by atoms with Gasteiger partial charge in [-0.25, -0.2) is 4.79 Å². The Morgan fingerprint density at radius 2 is 1.10 bits per heavy atom. The molecule has 0 saturated heterocycles. The number of fused-ring (bicyclic) bond motifs is 4. The molecule has 9 nitrogen and oxygen atoms in total. The molecule has 81 heavy (non-hydrogen) atoms. The van der Waals surface area contributed by atoms with E-state index in [2.05, 4.69) is 118 Å². The van der Waals surface area contributed by atoms with Crippen molar-refractivity contribution in [2.24, 2.45) is 11.8 Å². The normalized spacial score (nSPS) is 17.2. The summed E-state index contributed by atoms with van der Waals surface area (Å²) >= 11 is 3.23. The minimum Gasteiger partial charge on any atom is -0.497 e. The first-order valence-corrected chi connectivity index (χ1v) is 30.9. The van der Waals surface area contributed by atoms with Crippen LogP contribution in [0.4, 0.5) is 11.4 Å². The molecule has 2 aromatic heterocycles. The van der Waals surface area contributed by atoms with E-state index in [1.807, 2.05) is 58.3 Å². The van der Waals surface area contributed by atoms with Gasteiger partial charge in [-0.05, 0) is 167 Å². The van der Waals surface area contributed by atoms with E-state index in [9.17, 15) is 9.90 Å². The number of carbonyl (C=O) groups excluding carboxylic acids is 2. The van der Waals surface area contributed by atoms with E-state index < -0.39 is 5.97 Å². The zero-order valence-electron chi connectivity index (χ0n) is 47.5. The van der Waals surface area contributed by atoms with Gasteiger partial charge in [0.05, 0.1) is 52.1 Å². The van der Waals surface area contributed by atoms with Gasteiger partial charge in [0.25, 0.3) is 11.8 Å². The number of ether oxygens (including phenoxy) is 2. The third kappa shape index (κ3) is 10.9. The second-order valence-electron chi connectivity index (χ2n) is 22.2. The number of amides is 2. The van der Waals surface area contributed by atoms with Crippen molar-refractivity contribution in [2.75, 3.05) is 32.2 Å². The lowest BCUT2D eigenvalue weighted by Gasteiger charge is -2.29. The summed E-state index contributed by atoms with van der Waals surface area (Å²) in [6.45, 7) is 9.93. The number of nitrogens with zero attached hydrogens (tertiary/aromatic N) is 3. The van der Waals surface area contributed by atoms with Gasteiger partial charge in [0, 0.05) is 46.2 Å². The molecule has 4 aliphatic rings.